The monoisotopic (exact) mass is 463 g/mol. The summed E-state index contributed by atoms with van der Waals surface area (Å²) >= 11 is 0. The summed E-state index contributed by atoms with van der Waals surface area (Å²) in [7, 11) is 8.09. The molecule has 0 fully saturated rings. The molecule has 2 aliphatic rings. The number of allylic oxidation sites excluding steroid dienone is 2. The fourth-order valence-electron chi connectivity index (χ4n) is 2.72. The topological polar surface area (TPSA) is 18.5 Å². The van der Waals surface area contributed by atoms with Crippen LogP contribution in [0.4, 0.5) is 5.69 Å². The standard InChI is InChI=1S/C13H12N.2C5H13N.4CH4.K/c1-3-7-12-10(5-1)9-11-6-2-4-8-13(11)14-12;2*1-4-5-6(2)3;;;;;/h1-10,12,14H;2*4-5H2,1-3H3;4*1H4;/q-1;;;;;;;+1/i;2*1T;;;;;. The normalized spacial score (nSPS) is 17.0. The SMILES string of the molecule is C.C.C.C.C1=CC2[CH-]c3ccccc3NC2C=C1.[3H]CCCN(C)C.[3H]CCCN(C)C.[K+]. The Bertz CT molecular complexity index is 541. The molecule has 1 aromatic carbocycles. The van der Waals surface area contributed by atoms with Gasteiger partial charge >= 0.3 is 51.4 Å². The number of fused-ring (bicyclic) bond motifs is 2. The van der Waals surface area contributed by atoms with Gasteiger partial charge in [0, 0.05) is 8.78 Å². The zero-order valence-corrected chi connectivity index (χ0v) is 21.1. The Kier molecular flexibility index (Phi) is 28.1. The summed E-state index contributed by atoms with van der Waals surface area (Å²) in [4.78, 5) is 4.18. The predicted octanol–water partition coefficient (Wildman–Crippen LogP) is 4.24. The van der Waals surface area contributed by atoms with E-state index in [9.17, 15) is 0 Å². The first-order valence-electron chi connectivity index (χ1n) is 10.8. The van der Waals surface area contributed by atoms with Crippen LogP contribution in [0.3, 0.4) is 0 Å². The quantitative estimate of drug-likeness (QED) is 0.532. The van der Waals surface area contributed by atoms with Crippen LogP contribution in [0.25, 0.3) is 0 Å². The molecule has 3 rings (SSSR count). The number of nitrogens with zero attached hydrogens (tertiary/aromatic N) is 2. The number of para-hydroxylation sites is 1. The molecule has 178 valence electrons. The van der Waals surface area contributed by atoms with Crippen molar-refractivity contribution in [2.24, 2.45) is 5.92 Å². The van der Waals surface area contributed by atoms with E-state index >= 15 is 0 Å². The summed E-state index contributed by atoms with van der Waals surface area (Å²) in [6, 6.07) is 8.89. The number of hydrogen-bond acceptors (Lipinski definition) is 3. The van der Waals surface area contributed by atoms with Gasteiger partial charge in [-0.25, -0.2) is 0 Å². The molecule has 2 atom stereocenters. The van der Waals surface area contributed by atoms with E-state index < -0.39 is 0 Å². The molecule has 4 heteroatoms. The Morgan fingerprint density at radius 3 is 1.87 bits per heavy atom. The van der Waals surface area contributed by atoms with Gasteiger partial charge < -0.3 is 15.1 Å². The van der Waals surface area contributed by atoms with Gasteiger partial charge in [-0.15, -0.1) is 6.07 Å². The Hall–Kier alpha value is -0.0736. The molecule has 1 N–H and O–H groups in total. The molecule has 0 radical (unpaired) electrons. The second-order valence-corrected chi connectivity index (χ2v) is 7.08. The van der Waals surface area contributed by atoms with Gasteiger partial charge in [0.15, 0.2) is 0 Å². The van der Waals surface area contributed by atoms with Crippen LogP contribution in [0.5, 0.6) is 0 Å². The van der Waals surface area contributed by atoms with Crippen molar-refractivity contribution >= 4 is 5.69 Å². The Morgan fingerprint density at radius 2 is 1.39 bits per heavy atom. The molecule has 0 saturated carbocycles. The van der Waals surface area contributed by atoms with Gasteiger partial charge in [0.2, 0.25) is 0 Å². The van der Waals surface area contributed by atoms with E-state index in [-0.39, 0.29) is 81.1 Å². The van der Waals surface area contributed by atoms with Crippen molar-refractivity contribution in [1.82, 2.24) is 9.80 Å². The second kappa shape index (κ2) is 24.6. The molecule has 1 aromatic rings. The number of anilines is 1. The summed E-state index contributed by atoms with van der Waals surface area (Å²) in [5.41, 5.74) is 2.56. The van der Waals surface area contributed by atoms with E-state index in [1.54, 1.807) is 0 Å². The van der Waals surface area contributed by atoms with Crippen molar-refractivity contribution in [3.8, 4) is 0 Å². The molecular weight excluding hydrogens is 405 g/mol. The molecule has 0 saturated heterocycles. The third-order valence-electron chi connectivity index (χ3n) is 4.04. The second-order valence-electron chi connectivity index (χ2n) is 7.08. The summed E-state index contributed by atoms with van der Waals surface area (Å²) in [5, 5.41) is 3.53. The molecule has 31 heavy (non-hydrogen) atoms. The van der Waals surface area contributed by atoms with Gasteiger partial charge in [0.1, 0.15) is 0 Å². The molecule has 1 heterocycles. The van der Waals surface area contributed by atoms with Crippen molar-refractivity contribution in [1.29, 1.82) is 0 Å². The molecule has 0 spiro atoms. The Balaban J connectivity index is -0.000000122. The average Bonchev–Trinajstić information content (AvgIpc) is 2.70. The van der Waals surface area contributed by atoms with Gasteiger partial charge in [-0.3, -0.25) is 0 Å². The Labute approximate surface area is 243 Å². The summed E-state index contributed by atoms with van der Waals surface area (Å²) < 4.78 is 13.5. The molecule has 0 bridgehead atoms. The first-order chi connectivity index (χ1) is 13.5. The van der Waals surface area contributed by atoms with E-state index in [0.29, 0.717) is 25.8 Å². The summed E-state index contributed by atoms with van der Waals surface area (Å²) in [5.74, 6) is 0.509. The predicted molar refractivity (Wildman–Crippen MR) is 144 cm³/mol. The van der Waals surface area contributed by atoms with Crippen molar-refractivity contribution in [3.63, 3.8) is 0 Å². The van der Waals surface area contributed by atoms with Crippen LogP contribution < -0.4 is 56.7 Å². The third kappa shape index (κ3) is 18.1. The van der Waals surface area contributed by atoms with Crippen LogP contribution >= 0.6 is 0 Å². The fourth-order valence-corrected chi connectivity index (χ4v) is 2.72. The van der Waals surface area contributed by atoms with Crippen LogP contribution in [0.15, 0.2) is 48.6 Å². The summed E-state index contributed by atoms with van der Waals surface area (Å²) in [6.45, 7) is 3.20. The first kappa shape index (κ1) is 35.5. The molecule has 0 aromatic heterocycles. The zero-order chi connectivity index (χ0) is 20.8. The van der Waals surface area contributed by atoms with E-state index in [0.717, 1.165) is 25.9 Å². The van der Waals surface area contributed by atoms with E-state index in [1.165, 1.54) is 11.3 Å². The molecule has 1 aliphatic carbocycles. The van der Waals surface area contributed by atoms with Crippen molar-refractivity contribution < 1.29 is 54.1 Å². The number of benzene rings is 1. The first-order valence-corrected chi connectivity index (χ1v) is 9.41. The molecule has 2 unspecified atom stereocenters. The van der Waals surface area contributed by atoms with Gasteiger partial charge in [0.05, 0.1) is 0 Å². The minimum Gasteiger partial charge on any atom is -0.430 e. The maximum atomic E-state index is 6.77. The van der Waals surface area contributed by atoms with Gasteiger partial charge in [-0.2, -0.15) is 18.1 Å². The Morgan fingerprint density at radius 1 is 0.871 bits per heavy atom. The van der Waals surface area contributed by atoms with Crippen LogP contribution in [-0.2, 0) is 0 Å². The largest absolute Gasteiger partial charge is 1.00 e. The zero-order valence-electron chi connectivity index (χ0n) is 20.0. The van der Waals surface area contributed by atoms with Crippen molar-refractivity contribution in [2.45, 2.75) is 62.4 Å². The molecule has 3 nitrogen and oxygen atoms in total. The fraction of sp³-hybridized carbons (Fsp3) is 0.593. The van der Waals surface area contributed by atoms with E-state index in [4.69, 9.17) is 2.74 Å². The number of nitrogens with one attached hydrogen (secondary N) is 1. The van der Waals surface area contributed by atoms with Crippen LogP contribution in [0.1, 0.15) is 64.7 Å². The van der Waals surface area contributed by atoms with E-state index in [1.807, 2.05) is 28.2 Å². The smallest absolute Gasteiger partial charge is 0.430 e. The number of rotatable bonds is 4. The minimum atomic E-state index is 0. The van der Waals surface area contributed by atoms with Crippen molar-refractivity contribution in [2.75, 3.05) is 46.6 Å². The number of hydrogen-bond donors (Lipinski definition) is 1. The third-order valence-corrected chi connectivity index (χ3v) is 4.04. The average molecular weight is 464 g/mol. The van der Waals surface area contributed by atoms with Gasteiger partial charge in [-0.1, -0.05) is 85.6 Å². The van der Waals surface area contributed by atoms with Crippen LogP contribution in [0.2, 0.25) is 0 Å². The van der Waals surface area contributed by atoms with Crippen LogP contribution in [-0.4, -0.2) is 57.1 Å². The molecule has 1 aliphatic heterocycles. The summed E-state index contributed by atoms with van der Waals surface area (Å²) in [6.07, 6.45) is 13.0. The van der Waals surface area contributed by atoms with Gasteiger partial charge in [-0.05, 0) is 60.0 Å². The van der Waals surface area contributed by atoms with Crippen LogP contribution in [0, 0.1) is 12.3 Å². The molecular formula is C27H54KN3. The molecule has 0 amide bonds. The maximum absolute atomic E-state index is 6.77. The van der Waals surface area contributed by atoms with Gasteiger partial charge in [0.25, 0.3) is 0 Å². The van der Waals surface area contributed by atoms with E-state index in [2.05, 4.69) is 70.1 Å². The minimum absolute atomic E-state index is 0. The van der Waals surface area contributed by atoms with Crippen molar-refractivity contribution in [3.05, 3.63) is 60.6 Å². The maximum Gasteiger partial charge on any atom is 1.00 e.